The van der Waals surface area contributed by atoms with Crippen LogP contribution in [0, 0.1) is 10.1 Å². The fraction of sp³-hybridized carbons (Fsp3) is 0.133. The van der Waals surface area contributed by atoms with E-state index in [2.05, 4.69) is 0 Å². The molecule has 0 saturated heterocycles. The van der Waals surface area contributed by atoms with Gasteiger partial charge in [0.1, 0.15) is 12.3 Å². The number of aryl methyl sites for hydroxylation is 1. The van der Waals surface area contributed by atoms with Crippen molar-refractivity contribution < 1.29 is 14.6 Å². The molecule has 1 heterocycles. The van der Waals surface area contributed by atoms with Gasteiger partial charge in [0.15, 0.2) is 6.20 Å². The van der Waals surface area contributed by atoms with Crippen LogP contribution in [0.4, 0.5) is 5.69 Å². The Bertz CT molecular complexity index is 672. The molecule has 0 unspecified atom stereocenters. The molecule has 2 aromatic rings. The van der Waals surface area contributed by atoms with E-state index < -0.39 is 4.92 Å². The Morgan fingerprint density at radius 2 is 2.05 bits per heavy atom. The summed E-state index contributed by atoms with van der Waals surface area (Å²) in [5.41, 5.74) is 1.34. The molecule has 6 heteroatoms. The first kappa shape index (κ1) is 17.1. The number of aromatic hydroxyl groups is 1. The standard InChI is InChI=1S/C15H14N2O3.HI/c1-2-16-10-4-3-5-13(16)7-6-12-11-14(17(19)20)8-9-15(12)18;/h3-11H,2H2,1H3;1H/p+1. The second-order valence-corrected chi connectivity index (χ2v) is 4.25. The SMILES string of the molecule is CC[n+]1ccccc1C=Cc1cc([N+](=O)[O-])ccc1O.I. The highest BCUT2D eigenvalue weighted by Gasteiger charge is 2.09. The minimum absolute atomic E-state index is 0. The van der Waals surface area contributed by atoms with Crippen LogP contribution < -0.4 is 4.57 Å². The number of aromatic nitrogens is 1. The average Bonchev–Trinajstić information content (AvgIpc) is 2.46. The molecule has 0 aliphatic carbocycles. The third-order valence-electron chi connectivity index (χ3n) is 2.97. The molecule has 0 radical (unpaired) electrons. The number of nitro groups is 1. The molecular formula is C15H16IN2O3+. The first-order valence-corrected chi connectivity index (χ1v) is 6.25. The fourth-order valence-electron chi connectivity index (χ4n) is 1.89. The van der Waals surface area contributed by atoms with Gasteiger partial charge in [-0.15, -0.1) is 24.0 Å². The monoisotopic (exact) mass is 399 g/mol. The van der Waals surface area contributed by atoms with Gasteiger partial charge in [0.05, 0.1) is 4.92 Å². The number of phenolic OH excluding ortho intramolecular Hbond substituents is 1. The van der Waals surface area contributed by atoms with E-state index in [0.29, 0.717) is 5.56 Å². The van der Waals surface area contributed by atoms with Gasteiger partial charge in [-0.25, -0.2) is 0 Å². The second-order valence-electron chi connectivity index (χ2n) is 4.25. The van der Waals surface area contributed by atoms with E-state index in [4.69, 9.17) is 0 Å². The zero-order chi connectivity index (χ0) is 14.5. The molecule has 0 bridgehead atoms. The van der Waals surface area contributed by atoms with Crippen molar-refractivity contribution in [3.05, 3.63) is 64.0 Å². The number of nitrogens with zero attached hydrogens (tertiary/aromatic N) is 2. The van der Waals surface area contributed by atoms with Crippen molar-refractivity contribution in [3.63, 3.8) is 0 Å². The van der Waals surface area contributed by atoms with Crippen LogP contribution >= 0.6 is 24.0 Å². The lowest BCUT2D eigenvalue weighted by molar-refractivity contribution is -0.695. The number of hydrogen-bond acceptors (Lipinski definition) is 3. The fourth-order valence-corrected chi connectivity index (χ4v) is 1.89. The molecule has 2 rings (SSSR count). The predicted octanol–water partition coefficient (Wildman–Crippen LogP) is 3.40. The summed E-state index contributed by atoms with van der Waals surface area (Å²) in [7, 11) is 0. The van der Waals surface area contributed by atoms with Crippen LogP contribution in [0.15, 0.2) is 42.6 Å². The number of hydrogen-bond donors (Lipinski definition) is 1. The van der Waals surface area contributed by atoms with Gasteiger partial charge in [-0.05, 0) is 25.1 Å². The molecule has 110 valence electrons. The number of pyridine rings is 1. The third kappa shape index (κ3) is 4.25. The summed E-state index contributed by atoms with van der Waals surface area (Å²) < 4.78 is 2.03. The van der Waals surface area contributed by atoms with Crippen LogP contribution in [-0.2, 0) is 6.54 Å². The smallest absolute Gasteiger partial charge is 0.270 e. The molecule has 0 spiro atoms. The quantitative estimate of drug-likeness (QED) is 0.371. The van der Waals surface area contributed by atoms with Crippen LogP contribution in [0.1, 0.15) is 18.2 Å². The number of benzene rings is 1. The third-order valence-corrected chi connectivity index (χ3v) is 2.97. The van der Waals surface area contributed by atoms with E-state index in [1.165, 1.54) is 18.2 Å². The Hall–Kier alpha value is -1.96. The van der Waals surface area contributed by atoms with Crippen LogP contribution in [0.25, 0.3) is 12.2 Å². The number of rotatable bonds is 4. The molecule has 0 atom stereocenters. The van der Waals surface area contributed by atoms with Crippen LogP contribution in [0.2, 0.25) is 0 Å². The van der Waals surface area contributed by atoms with Crippen LogP contribution in [0.5, 0.6) is 5.75 Å². The van der Waals surface area contributed by atoms with Crippen molar-refractivity contribution >= 4 is 41.8 Å². The topological polar surface area (TPSA) is 67.2 Å². The van der Waals surface area contributed by atoms with Crippen LogP contribution in [0.3, 0.4) is 0 Å². The second kappa shape index (κ2) is 7.72. The summed E-state index contributed by atoms with van der Waals surface area (Å²) in [4.78, 5) is 10.3. The van der Waals surface area contributed by atoms with Gasteiger partial charge in [0.2, 0.25) is 5.69 Å². The van der Waals surface area contributed by atoms with E-state index in [1.54, 1.807) is 6.08 Å². The zero-order valence-corrected chi connectivity index (χ0v) is 13.8. The Morgan fingerprint density at radius 1 is 1.29 bits per heavy atom. The van der Waals surface area contributed by atoms with Crippen molar-refractivity contribution in [1.82, 2.24) is 0 Å². The molecule has 0 fully saturated rings. The maximum absolute atomic E-state index is 10.7. The highest BCUT2D eigenvalue weighted by atomic mass is 127. The van der Waals surface area contributed by atoms with Crippen molar-refractivity contribution in [1.29, 1.82) is 0 Å². The van der Waals surface area contributed by atoms with E-state index in [1.807, 2.05) is 42.0 Å². The molecular weight excluding hydrogens is 383 g/mol. The number of non-ortho nitro benzene ring substituents is 1. The van der Waals surface area contributed by atoms with Gasteiger partial charge in [-0.3, -0.25) is 10.1 Å². The molecule has 1 aromatic heterocycles. The van der Waals surface area contributed by atoms with Gasteiger partial charge < -0.3 is 5.11 Å². The maximum atomic E-state index is 10.7. The highest BCUT2D eigenvalue weighted by Crippen LogP contribution is 2.24. The van der Waals surface area contributed by atoms with Gasteiger partial charge in [-0.2, -0.15) is 4.57 Å². The van der Waals surface area contributed by atoms with Gasteiger partial charge in [-0.1, -0.05) is 0 Å². The molecule has 0 aliphatic heterocycles. The minimum atomic E-state index is -0.481. The van der Waals surface area contributed by atoms with Crippen molar-refractivity contribution in [3.8, 4) is 5.75 Å². The van der Waals surface area contributed by atoms with Gasteiger partial charge in [0.25, 0.3) is 5.69 Å². The lowest BCUT2D eigenvalue weighted by Gasteiger charge is -1.99. The maximum Gasteiger partial charge on any atom is 0.270 e. The van der Waals surface area contributed by atoms with Gasteiger partial charge >= 0.3 is 0 Å². The molecule has 5 nitrogen and oxygen atoms in total. The van der Waals surface area contributed by atoms with Crippen molar-refractivity contribution in [2.24, 2.45) is 0 Å². The first-order valence-electron chi connectivity index (χ1n) is 6.25. The lowest BCUT2D eigenvalue weighted by Crippen LogP contribution is -2.34. The van der Waals surface area contributed by atoms with Gasteiger partial charge in [0, 0.05) is 35.9 Å². The Morgan fingerprint density at radius 3 is 2.71 bits per heavy atom. The molecule has 1 aromatic carbocycles. The first-order chi connectivity index (χ1) is 9.61. The largest absolute Gasteiger partial charge is 0.507 e. The van der Waals surface area contributed by atoms with Crippen molar-refractivity contribution in [2.75, 3.05) is 0 Å². The summed E-state index contributed by atoms with van der Waals surface area (Å²) in [6, 6.07) is 9.75. The Labute approximate surface area is 139 Å². The summed E-state index contributed by atoms with van der Waals surface area (Å²) in [6.07, 6.45) is 5.44. The Balaban J connectivity index is 0.00000220. The summed E-state index contributed by atoms with van der Waals surface area (Å²) in [6.45, 7) is 2.85. The van der Waals surface area contributed by atoms with E-state index in [-0.39, 0.29) is 35.4 Å². The zero-order valence-electron chi connectivity index (χ0n) is 11.5. The lowest BCUT2D eigenvalue weighted by atomic mass is 10.1. The van der Waals surface area contributed by atoms with Crippen LogP contribution in [-0.4, -0.2) is 10.0 Å². The summed E-state index contributed by atoms with van der Waals surface area (Å²) in [5, 5.41) is 20.5. The number of halogens is 1. The van der Waals surface area contributed by atoms with E-state index in [9.17, 15) is 15.2 Å². The number of nitro benzene ring substituents is 1. The Kier molecular flexibility index (Phi) is 6.29. The highest BCUT2D eigenvalue weighted by molar-refractivity contribution is 14.0. The predicted molar refractivity (Wildman–Crippen MR) is 91.4 cm³/mol. The normalized spacial score (nSPS) is 10.3. The van der Waals surface area contributed by atoms with E-state index >= 15 is 0 Å². The molecule has 0 saturated carbocycles. The average molecular weight is 399 g/mol. The number of phenols is 1. The molecule has 0 amide bonds. The van der Waals surface area contributed by atoms with E-state index in [0.717, 1.165) is 12.2 Å². The molecule has 0 aliphatic rings. The summed E-state index contributed by atoms with van der Waals surface area (Å²) in [5.74, 6) is 0.0193. The van der Waals surface area contributed by atoms with Crippen molar-refractivity contribution in [2.45, 2.75) is 13.5 Å². The summed E-state index contributed by atoms with van der Waals surface area (Å²) >= 11 is 0. The minimum Gasteiger partial charge on any atom is -0.507 e. The molecule has 1 N–H and O–H groups in total. The molecule has 21 heavy (non-hydrogen) atoms.